The summed E-state index contributed by atoms with van der Waals surface area (Å²) in [5, 5.41) is 0. The Morgan fingerprint density at radius 2 is 1.94 bits per heavy atom. The predicted molar refractivity (Wildman–Crippen MR) is 121 cm³/mol. The summed E-state index contributed by atoms with van der Waals surface area (Å²) in [6.45, 7) is 4.96. The Morgan fingerprint density at radius 1 is 1.09 bits per heavy atom. The van der Waals surface area contributed by atoms with Gasteiger partial charge in [-0.1, -0.05) is 31.1 Å². The molecule has 1 aromatic carbocycles. The molecule has 1 aromatic heterocycles. The first kappa shape index (κ1) is 20.7. The highest BCUT2D eigenvalue weighted by atomic mass is 16.5. The molecule has 2 aromatic rings. The van der Waals surface area contributed by atoms with E-state index in [0.29, 0.717) is 26.0 Å². The summed E-state index contributed by atoms with van der Waals surface area (Å²) in [7, 11) is 0. The number of pyridine rings is 1. The molecule has 1 atom stereocenters. The van der Waals surface area contributed by atoms with E-state index in [9.17, 15) is 9.59 Å². The van der Waals surface area contributed by atoms with Gasteiger partial charge in [-0.3, -0.25) is 14.6 Å². The van der Waals surface area contributed by atoms with E-state index in [2.05, 4.69) is 17.6 Å². The Balaban J connectivity index is 1.42. The van der Waals surface area contributed by atoms with Gasteiger partial charge in [0.25, 0.3) is 0 Å². The fourth-order valence-corrected chi connectivity index (χ4v) is 5.36. The smallest absolute Gasteiger partial charge is 0.246 e. The molecule has 166 valence electrons. The van der Waals surface area contributed by atoms with Crippen molar-refractivity contribution in [2.45, 2.75) is 63.8 Å². The van der Waals surface area contributed by atoms with Crippen molar-refractivity contribution < 1.29 is 14.3 Å². The molecule has 1 aliphatic carbocycles. The molecular weight excluding hydrogens is 402 g/mol. The molecule has 6 heteroatoms. The molecule has 3 aliphatic rings. The molecule has 2 amide bonds. The Bertz CT molecular complexity index is 1030. The number of allylic oxidation sites excluding steroid dienone is 1. The number of hydrogen-bond acceptors (Lipinski definition) is 4. The van der Waals surface area contributed by atoms with Gasteiger partial charge in [0.2, 0.25) is 11.8 Å². The summed E-state index contributed by atoms with van der Waals surface area (Å²) in [5.74, 6) is 0.954. The second-order valence-corrected chi connectivity index (χ2v) is 8.93. The molecule has 32 heavy (non-hydrogen) atoms. The van der Waals surface area contributed by atoms with Crippen LogP contribution in [0.3, 0.4) is 0 Å². The van der Waals surface area contributed by atoms with Gasteiger partial charge in [-0.05, 0) is 48.6 Å². The number of rotatable bonds is 6. The molecule has 0 bridgehead atoms. The Morgan fingerprint density at radius 3 is 2.69 bits per heavy atom. The van der Waals surface area contributed by atoms with Crippen LogP contribution in [-0.2, 0) is 35.6 Å². The fraction of sp³-hybridized carbons (Fsp3) is 0.423. The van der Waals surface area contributed by atoms with Crippen molar-refractivity contribution in [1.29, 1.82) is 0 Å². The maximum atomic E-state index is 13.3. The molecule has 3 heterocycles. The van der Waals surface area contributed by atoms with Gasteiger partial charge in [0, 0.05) is 30.8 Å². The van der Waals surface area contributed by atoms with Crippen molar-refractivity contribution in [3.05, 3.63) is 71.6 Å². The lowest BCUT2D eigenvalue weighted by molar-refractivity contribution is -0.159. The quantitative estimate of drug-likeness (QED) is 0.658. The maximum absolute atomic E-state index is 13.3. The van der Waals surface area contributed by atoms with Crippen molar-refractivity contribution in [3.63, 3.8) is 0 Å². The molecule has 2 aliphatic heterocycles. The van der Waals surface area contributed by atoms with Crippen LogP contribution in [0.25, 0.3) is 0 Å². The number of amides is 2. The third-order valence-corrected chi connectivity index (χ3v) is 7.01. The van der Waals surface area contributed by atoms with Crippen LogP contribution in [-0.4, -0.2) is 45.2 Å². The van der Waals surface area contributed by atoms with Crippen molar-refractivity contribution in [2.24, 2.45) is 0 Å². The number of hydrogen-bond donors (Lipinski definition) is 0. The summed E-state index contributed by atoms with van der Waals surface area (Å²) in [6, 6.07) is 9.64. The minimum Gasteiger partial charge on any atom is -0.487 e. The lowest BCUT2D eigenvalue weighted by Gasteiger charge is -2.45. The van der Waals surface area contributed by atoms with Crippen LogP contribution in [0.1, 0.15) is 48.1 Å². The van der Waals surface area contributed by atoms with Crippen LogP contribution in [0.4, 0.5) is 0 Å². The largest absolute Gasteiger partial charge is 0.487 e. The topological polar surface area (TPSA) is 62.7 Å². The first-order chi connectivity index (χ1) is 15.7. The highest BCUT2D eigenvalue weighted by Crippen LogP contribution is 2.36. The predicted octanol–water partition coefficient (Wildman–Crippen LogP) is 3.43. The Kier molecular flexibility index (Phi) is 5.68. The molecule has 0 radical (unpaired) electrons. The lowest BCUT2D eigenvalue weighted by Crippen LogP contribution is -2.63. The van der Waals surface area contributed by atoms with Crippen LogP contribution in [0, 0.1) is 0 Å². The molecule has 1 saturated carbocycles. The zero-order valence-electron chi connectivity index (χ0n) is 18.3. The van der Waals surface area contributed by atoms with Crippen molar-refractivity contribution in [1.82, 2.24) is 14.8 Å². The van der Waals surface area contributed by atoms with Crippen LogP contribution in [0.2, 0.25) is 0 Å². The average molecular weight is 432 g/mol. The lowest BCUT2D eigenvalue weighted by atomic mass is 9.87. The highest BCUT2D eigenvalue weighted by molar-refractivity contribution is 5.95. The molecule has 1 saturated heterocycles. The average Bonchev–Trinajstić information content (AvgIpc) is 3.35. The number of carbonyl (C=O) groups is 2. The number of ether oxygens (including phenoxy) is 1. The van der Waals surface area contributed by atoms with E-state index in [-0.39, 0.29) is 30.4 Å². The maximum Gasteiger partial charge on any atom is 0.246 e. The summed E-state index contributed by atoms with van der Waals surface area (Å²) >= 11 is 0. The van der Waals surface area contributed by atoms with Crippen LogP contribution < -0.4 is 4.74 Å². The van der Waals surface area contributed by atoms with Crippen LogP contribution >= 0.6 is 0 Å². The Labute approximate surface area is 188 Å². The molecular formula is C26H29N3O3. The number of aromatic nitrogens is 1. The van der Waals surface area contributed by atoms with Gasteiger partial charge in [-0.2, -0.15) is 0 Å². The van der Waals surface area contributed by atoms with Crippen molar-refractivity contribution in [3.8, 4) is 5.75 Å². The molecule has 0 N–H and O–H groups in total. The summed E-state index contributed by atoms with van der Waals surface area (Å²) < 4.78 is 6.12. The highest BCUT2D eigenvalue weighted by Gasteiger charge is 2.45. The molecule has 2 fully saturated rings. The Hall–Kier alpha value is -3.15. The van der Waals surface area contributed by atoms with Crippen molar-refractivity contribution >= 4 is 11.8 Å². The fourth-order valence-electron chi connectivity index (χ4n) is 5.36. The molecule has 5 rings (SSSR count). The summed E-state index contributed by atoms with van der Waals surface area (Å²) in [5.41, 5.74) is 4.13. The van der Waals surface area contributed by atoms with E-state index in [0.717, 1.165) is 53.8 Å². The van der Waals surface area contributed by atoms with E-state index >= 15 is 0 Å². The van der Waals surface area contributed by atoms with E-state index in [1.807, 2.05) is 35.2 Å². The summed E-state index contributed by atoms with van der Waals surface area (Å²) in [4.78, 5) is 34.4. The van der Waals surface area contributed by atoms with Crippen LogP contribution in [0.5, 0.6) is 5.75 Å². The first-order valence-corrected chi connectivity index (χ1v) is 11.5. The number of nitrogens with zero attached hydrogens (tertiary/aromatic N) is 3. The minimum atomic E-state index is -0.388. The third kappa shape index (κ3) is 3.78. The van der Waals surface area contributed by atoms with Crippen LogP contribution in [0.15, 0.2) is 49.2 Å². The van der Waals surface area contributed by atoms with Gasteiger partial charge in [0.1, 0.15) is 24.9 Å². The second-order valence-electron chi connectivity index (χ2n) is 8.93. The third-order valence-electron chi connectivity index (χ3n) is 7.01. The minimum absolute atomic E-state index is 0.0523. The standard InChI is InChI=1S/C26H29N3O3/c1-2-7-21-22-15-29-23(26(31)28(16-25(29)30)20-9-3-4-10-20)14-18(22)11-12-24(21)32-17-19-8-5-6-13-27-19/h2,5-6,8,11-13,20,23H,1,3-4,7,9-10,14-17H2. The molecule has 0 spiro atoms. The van der Waals surface area contributed by atoms with Gasteiger partial charge >= 0.3 is 0 Å². The van der Waals surface area contributed by atoms with Crippen molar-refractivity contribution in [2.75, 3.05) is 6.54 Å². The second kappa shape index (κ2) is 8.77. The number of fused-ring (bicyclic) bond motifs is 2. The van der Waals surface area contributed by atoms with Gasteiger partial charge in [-0.15, -0.1) is 6.58 Å². The first-order valence-electron chi connectivity index (χ1n) is 11.5. The molecule has 1 unspecified atom stereocenters. The van der Waals surface area contributed by atoms with Gasteiger partial charge < -0.3 is 14.5 Å². The van der Waals surface area contributed by atoms with Gasteiger partial charge in [0.15, 0.2) is 0 Å². The van der Waals surface area contributed by atoms with E-state index in [1.165, 1.54) is 0 Å². The van der Waals surface area contributed by atoms with Gasteiger partial charge in [-0.25, -0.2) is 0 Å². The number of benzene rings is 1. The van der Waals surface area contributed by atoms with Gasteiger partial charge in [0.05, 0.1) is 5.69 Å². The zero-order chi connectivity index (χ0) is 22.1. The number of carbonyl (C=O) groups excluding carboxylic acids is 2. The van der Waals surface area contributed by atoms with E-state index in [1.54, 1.807) is 11.1 Å². The van der Waals surface area contributed by atoms with E-state index in [4.69, 9.17) is 4.74 Å². The van der Waals surface area contributed by atoms with E-state index < -0.39 is 0 Å². The number of piperazine rings is 1. The monoisotopic (exact) mass is 431 g/mol. The SMILES string of the molecule is C=CCc1c(OCc2ccccn2)ccc2c1CN1C(=O)CN(C3CCCC3)C(=O)C1C2. The zero-order valence-corrected chi connectivity index (χ0v) is 18.3. The molecule has 6 nitrogen and oxygen atoms in total. The summed E-state index contributed by atoms with van der Waals surface area (Å²) in [6.07, 6.45) is 9.15. The normalized spacial score (nSPS) is 20.8.